The zero-order chi connectivity index (χ0) is 17.9. The van der Waals surface area contributed by atoms with E-state index in [-0.39, 0.29) is 5.69 Å². The Morgan fingerprint density at radius 3 is 2.62 bits per heavy atom. The molecule has 2 rings (SSSR count). The van der Waals surface area contributed by atoms with E-state index in [1.165, 1.54) is 16.8 Å². The van der Waals surface area contributed by atoms with Gasteiger partial charge in [0, 0.05) is 37.0 Å². The number of halogens is 2. The summed E-state index contributed by atoms with van der Waals surface area (Å²) in [7, 11) is 3.80. The van der Waals surface area contributed by atoms with Crippen LogP contribution in [0.5, 0.6) is 0 Å². The van der Waals surface area contributed by atoms with E-state index in [0.29, 0.717) is 19.6 Å². The molecule has 1 atom stereocenters. The van der Waals surface area contributed by atoms with Gasteiger partial charge in [-0.15, -0.1) is 0 Å². The van der Waals surface area contributed by atoms with Crippen molar-refractivity contribution < 1.29 is 13.9 Å². The summed E-state index contributed by atoms with van der Waals surface area (Å²) in [6.07, 6.45) is -0.467. The fourth-order valence-corrected chi connectivity index (χ4v) is 2.67. The topological polar surface area (TPSA) is 53.3 Å². The van der Waals surface area contributed by atoms with Crippen LogP contribution in [0.4, 0.5) is 8.78 Å². The van der Waals surface area contributed by atoms with Gasteiger partial charge in [-0.2, -0.15) is 5.10 Å². The van der Waals surface area contributed by atoms with Crippen LogP contribution in [-0.4, -0.2) is 53.1 Å². The van der Waals surface area contributed by atoms with Crippen molar-refractivity contribution in [3.05, 3.63) is 46.8 Å². The average molecular weight is 338 g/mol. The number of nitrogens with zero attached hydrogens (tertiary/aromatic N) is 3. The van der Waals surface area contributed by atoms with Crippen LogP contribution < -0.4 is 5.32 Å². The molecule has 0 spiro atoms. The average Bonchev–Trinajstić information content (AvgIpc) is 2.74. The summed E-state index contributed by atoms with van der Waals surface area (Å²) in [5.41, 5.74) is 2.71. The molecule has 1 aromatic heterocycles. The maximum absolute atomic E-state index is 14.0. The fraction of sp³-hybridized carbons (Fsp3) is 0.471. The highest BCUT2D eigenvalue weighted by atomic mass is 19.1. The Morgan fingerprint density at radius 2 is 2.00 bits per heavy atom. The second-order valence-corrected chi connectivity index (χ2v) is 6.20. The molecular formula is C17H24F2N4O. The minimum Gasteiger partial charge on any atom is -0.390 e. The van der Waals surface area contributed by atoms with Gasteiger partial charge in [-0.1, -0.05) is 0 Å². The second-order valence-electron chi connectivity index (χ2n) is 6.20. The maximum Gasteiger partial charge on any atom is 0.151 e. The van der Waals surface area contributed by atoms with Crippen molar-refractivity contribution in [2.24, 2.45) is 0 Å². The first-order chi connectivity index (χ1) is 11.3. The third kappa shape index (κ3) is 4.37. The summed E-state index contributed by atoms with van der Waals surface area (Å²) >= 11 is 0. The summed E-state index contributed by atoms with van der Waals surface area (Å²) in [4.78, 5) is 1.91. The van der Waals surface area contributed by atoms with E-state index < -0.39 is 17.7 Å². The number of rotatable bonds is 7. The van der Waals surface area contributed by atoms with Gasteiger partial charge in [-0.05, 0) is 40.1 Å². The molecule has 0 radical (unpaired) electrons. The Labute approximate surface area is 140 Å². The predicted molar refractivity (Wildman–Crippen MR) is 89.2 cm³/mol. The zero-order valence-corrected chi connectivity index (χ0v) is 14.5. The van der Waals surface area contributed by atoms with Gasteiger partial charge >= 0.3 is 0 Å². The Balaban J connectivity index is 2.12. The zero-order valence-electron chi connectivity index (χ0n) is 14.5. The van der Waals surface area contributed by atoms with Crippen LogP contribution in [0.25, 0.3) is 5.69 Å². The summed E-state index contributed by atoms with van der Waals surface area (Å²) in [6, 6.07) is 3.44. The van der Waals surface area contributed by atoms with Crippen molar-refractivity contribution in [3.63, 3.8) is 0 Å². The largest absolute Gasteiger partial charge is 0.390 e. The minimum atomic E-state index is -0.651. The minimum absolute atomic E-state index is 0.218. The van der Waals surface area contributed by atoms with Crippen LogP contribution in [0.1, 0.15) is 17.0 Å². The first-order valence-electron chi connectivity index (χ1n) is 7.83. The maximum atomic E-state index is 14.0. The molecule has 0 saturated carbocycles. The molecule has 7 heteroatoms. The molecule has 24 heavy (non-hydrogen) atoms. The van der Waals surface area contributed by atoms with Gasteiger partial charge in [0.15, 0.2) is 5.82 Å². The Hall–Kier alpha value is -1.83. The Morgan fingerprint density at radius 1 is 1.29 bits per heavy atom. The first kappa shape index (κ1) is 18.5. The normalized spacial score (nSPS) is 12.8. The molecule has 0 aliphatic carbocycles. The van der Waals surface area contributed by atoms with E-state index >= 15 is 0 Å². The van der Waals surface area contributed by atoms with Gasteiger partial charge in [-0.3, -0.25) is 0 Å². The van der Waals surface area contributed by atoms with Gasteiger partial charge in [0.1, 0.15) is 11.5 Å². The van der Waals surface area contributed by atoms with Crippen LogP contribution in [-0.2, 0) is 6.54 Å². The van der Waals surface area contributed by atoms with Gasteiger partial charge in [-0.25, -0.2) is 13.5 Å². The highest BCUT2D eigenvalue weighted by Crippen LogP contribution is 2.20. The third-order valence-electron chi connectivity index (χ3n) is 3.84. The molecule has 5 nitrogen and oxygen atoms in total. The molecule has 0 bridgehead atoms. The highest BCUT2D eigenvalue weighted by molar-refractivity contribution is 5.38. The number of aromatic nitrogens is 2. The standard InChI is InChI=1S/C17H24F2N4O/c1-11-15(9-20-8-14(24)10-22(3)4)12(2)23(21-11)17-6-5-13(18)7-16(17)19/h5-7,14,20,24H,8-10H2,1-4H3. The lowest BCUT2D eigenvalue weighted by Gasteiger charge is -2.16. The molecule has 1 aromatic carbocycles. The van der Waals surface area contributed by atoms with Crippen molar-refractivity contribution in [3.8, 4) is 5.69 Å². The molecule has 0 fully saturated rings. The van der Waals surface area contributed by atoms with E-state index in [2.05, 4.69) is 10.4 Å². The molecule has 0 aliphatic rings. The molecule has 2 aromatic rings. The third-order valence-corrected chi connectivity index (χ3v) is 3.84. The monoisotopic (exact) mass is 338 g/mol. The number of benzene rings is 1. The molecule has 0 saturated heterocycles. The van der Waals surface area contributed by atoms with Crippen LogP contribution in [0.15, 0.2) is 18.2 Å². The summed E-state index contributed by atoms with van der Waals surface area (Å²) in [5, 5.41) is 17.4. The van der Waals surface area contributed by atoms with E-state index in [1.807, 2.05) is 32.8 Å². The lowest BCUT2D eigenvalue weighted by Crippen LogP contribution is -2.34. The Kier molecular flexibility index (Phi) is 6.04. The SMILES string of the molecule is Cc1nn(-c2ccc(F)cc2F)c(C)c1CNCC(O)CN(C)C. The molecule has 0 amide bonds. The van der Waals surface area contributed by atoms with Crippen LogP contribution >= 0.6 is 0 Å². The predicted octanol–water partition coefficient (Wildman–Crippen LogP) is 1.78. The molecule has 1 heterocycles. The molecule has 1 unspecified atom stereocenters. The first-order valence-corrected chi connectivity index (χ1v) is 7.83. The summed E-state index contributed by atoms with van der Waals surface area (Å²) < 4.78 is 28.5. The quantitative estimate of drug-likeness (QED) is 0.808. The van der Waals surface area contributed by atoms with Crippen molar-refractivity contribution in [1.29, 1.82) is 0 Å². The summed E-state index contributed by atoms with van der Waals surface area (Å²) in [5.74, 6) is -1.27. The van der Waals surface area contributed by atoms with Gasteiger partial charge in [0.05, 0.1) is 11.8 Å². The molecular weight excluding hydrogens is 314 g/mol. The number of hydrogen-bond donors (Lipinski definition) is 2. The van der Waals surface area contributed by atoms with Gasteiger partial charge < -0.3 is 15.3 Å². The van der Waals surface area contributed by atoms with Crippen LogP contribution in [0.2, 0.25) is 0 Å². The summed E-state index contributed by atoms with van der Waals surface area (Å²) in [6.45, 7) is 5.23. The number of aliphatic hydroxyl groups excluding tert-OH is 1. The van der Waals surface area contributed by atoms with E-state index in [0.717, 1.165) is 23.0 Å². The van der Waals surface area contributed by atoms with Crippen molar-refractivity contribution >= 4 is 0 Å². The molecule has 2 N–H and O–H groups in total. The van der Waals surface area contributed by atoms with Crippen LogP contribution in [0.3, 0.4) is 0 Å². The highest BCUT2D eigenvalue weighted by Gasteiger charge is 2.16. The molecule has 132 valence electrons. The van der Waals surface area contributed by atoms with E-state index in [4.69, 9.17) is 0 Å². The van der Waals surface area contributed by atoms with Crippen molar-refractivity contribution in [2.45, 2.75) is 26.5 Å². The number of hydrogen-bond acceptors (Lipinski definition) is 4. The lowest BCUT2D eigenvalue weighted by molar-refractivity contribution is 0.134. The number of aryl methyl sites for hydroxylation is 1. The number of aliphatic hydroxyl groups is 1. The van der Waals surface area contributed by atoms with Crippen LogP contribution in [0, 0.1) is 25.5 Å². The molecule has 0 aliphatic heterocycles. The second kappa shape index (κ2) is 7.83. The van der Waals surface area contributed by atoms with E-state index in [9.17, 15) is 13.9 Å². The number of likely N-dealkylation sites (N-methyl/N-ethyl adjacent to an activating group) is 1. The Bertz CT molecular complexity index is 700. The lowest BCUT2D eigenvalue weighted by atomic mass is 10.2. The smallest absolute Gasteiger partial charge is 0.151 e. The fourth-order valence-electron chi connectivity index (χ4n) is 2.67. The van der Waals surface area contributed by atoms with E-state index in [1.54, 1.807) is 0 Å². The number of nitrogens with one attached hydrogen (secondary N) is 1. The van der Waals surface area contributed by atoms with Crippen molar-refractivity contribution in [2.75, 3.05) is 27.2 Å². The van der Waals surface area contributed by atoms with Gasteiger partial charge in [0.25, 0.3) is 0 Å². The van der Waals surface area contributed by atoms with Crippen molar-refractivity contribution in [1.82, 2.24) is 20.0 Å². The van der Waals surface area contributed by atoms with Gasteiger partial charge in [0.2, 0.25) is 0 Å².